The first-order chi connectivity index (χ1) is 13.0. The number of aromatic nitrogens is 3. The second-order valence-electron chi connectivity index (χ2n) is 5.71. The van der Waals surface area contributed by atoms with E-state index in [1.54, 1.807) is 31.3 Å². The van der Waals surface area contributed by atoms with Crippen LogP contribution in [0.25, 0.3) is 10.7 Å². The quantitative estimate of drug-likeness (QED) is 0.514. The monoisotopic (exact) mass is 386 g/mol. The van der Waals surface area contributed by atoms with E-state index in [0.29, 0.717) is 5.82 Å². The molecule has 0 aliphatic heterocycles. The summed E-state index contributed by atoms with van der Waals surface area (Å²) in [4.78, 5) is 36.7. The molecular formula is C18H18N4O4S. The van der Waals surface area contributed by atoms with Crippen LogP contribution in [0.2, 0.25) is 0 Å². The number of hydrogen-bond acceptors (Lipinski definition) is 6. The second-order valence-corrected chi connectivity index (χ2v) is 6.66. The van der Waals surface area contributed by atoms with Gasteiger partial charge in [-0.25, -0.2) is 9.48 Å². The Labute approximate surface area is 159 Å². The maximum absolute atomic E-state index is 12.4. The van der Waals surface area contributed by atoms with Gasteiger partial charge in [0.15, 0.2) is 5.82 Å². The molecule has 0 saturated heterocycles. The summed E-state index contributed by atoms with van der Waals surface area (Å²) in [5.41, 5.74) is -0.00620. The molecule has 2 aromatic heterocycles. The van der Waals surface area contributed by atoms with E-state index < -0.39 is 11.9 Å². The summed E-state index contributed by atoms with van der Waals surface area (Å²) < 4.78 is 7.83. The lowest BCUT2D eigenvalue weighted by Crippen LogP contribution is -2.32. The van der Waals surface area contributed by atoms with Crippen LogP contribution in [0.1, 0.15) is 17.3 Å². The van der Waals surface area contributed by atoms with Gasteiger partial charge < -0.3 is 10.1 Å². The predicted octanol–water partition coefficient (Wildman–Crippen LogP) is 1.67. The largest absolute Gasteiger partial charge is 0.426 e. The molecule has 0 aliphatic rings. The fraction of sp³-hybridized carbons (Fsp3) is 0.222. The number of para-hydroxylation sites is 1. The van der Waals surface area contributed by atoms with Crippen molar-refractivity contribution in [2.75, 3.05) is 6.54 Å². The van der Waals surface area contributed by atoms with Gasteiger partial charge in [-0.2, -0.15) is 0 Å². The molecule has 3 rings (SSSR count). The molecule has 0 atom stereocenters. The molecule has 0 aliphatic carbocycles. The minimum Gasteiger partial charge on any atom is -0.426 e. The van der Waals surface area contributed by atoms with Gasteiger partial charge in [-0.05, 0) is 23.6 Å². The number of hydrogen-bond donors (Lipinski definition) is 1. The van der Waals surface area contributed by atoms with Crippen LogP contribution < -0.4 is 15.7 Å². The zero-order chi connectivity index (χ0) is 19.4. The Hall–Kier alpha value is -3.20. The maximum atomic E-state index is 12.4. The highest BCUT2D eigenvalue weighted by Gasteiger charge is 2.15. The molecule has 9 heteroatoms. The summed E-state index contributed by atoms with van der Waals surface area (Å²) in [6.45, 7) is 1.70. The summed E-state index contributed by atoms with van der Waals surface area (Å²) in [5.74, 6) is -0.121. The molecule has 2 heterocycles. The van der Waals surface area contributed by atoms with Crippen molar-refractivity contribution >= 4 is 23.2 Å². The second kappa shape index (κ2) is 8.00. The Morgan fingerprint density at radius 1 is 1.22 bits per heavy atom. The lowest BCUT2D eigenvalue weighted by Gasteiger charge is -2.09. The topological polar surface area (TPSA) is 95.2 Å². The highest BCUT2D eigenvalue weighted by atomic mass is 32.1. The molecular weight excluding hydrogens is 368 g/mol. The molecule has 8 nitrogen and oxygen atoms in total. The Bertz CT molecular complexity index is 1020. The molecule has 0 unspecified atom stereocenters. The van der Waals surface area contributed by atoms with Gasteiger partial charge in [0.05, 0.1) is 17.0 Å². The lowest BCUT2D eigenvalue weighted by atomic mass is 10.2. The summed E-state index contributed by atoms with van der Waals surface area (Å²) in [6, 6.07) is 10.3. The molecule has 1 aromatic carbocycles. The number of benzene rings is 1. The SMILES string of the molecule is CC(=O)Oc1ccccc1C(=O)NCCn1nc(-c2cccs2)n(C)c1=O. The predicted molar refractivity (Wildman–Crippen MR) is 101 cm³/mol. The van der Waals surface area contributed by atoms with E-state index in [9.17, 15) is 14.4 Å². The first-order valence-electron chi connectivity index (χ1n) is 8.20. The number of carbonyl (C=O) groups excluding carboxylic acids is 2. The highest BCUT2D eigenvalue weighted by Crippen LogP contribution is 2.21. The van der Waals surface area contributed by atoms with Crippen molar-refractivity contribution < 1.29 is 14.3 Å². The number of nitrogens with zero attached hydrogens (tertiary/aromatic N) is 3. The number of amides is 1. The first-order valence-corrected chi connectivity index (χ1v) is 9.08. The van der Waals surface area contributed by atoms with Gasteiger partial charge in [-0.15, -0.1) is 16.4 Å². The molecule has 3 aromatic rings. The average Bonchev–Trinajstić information content (AvgIpc) is 3.25. The van der Waals surface area contributed by atoms with Crippen LogP contribution >= 0.6 is 11.3 Å². The maximum Gasteiger partial charge on any atom is 0.346 e. The molecule has 0 radical (unpaired) electrons. The van der Waals surface area contributed by atoms with E-state index in [2.05, 4.69) is 10.4 Å². The van der Waals surface area contributed by atoms with Crippen LogP contribution in [0.15, 0.2) is 46.6 Å². The smallest absolute Gasteiger partial charge is 0.346 e. The fourth-order valence-corrected chi connectivity index (χ4v) is 3.27. The Balaban J connectivity index is 1.67. The van der Waals surface area contributed by atoms with Gasteiger partial charge >= 0.3 is 11.7 Å². The van der Waals surface area contributed by atoms with E-state index in [-0.39, 0.29) is 30.1 Å². The van der Waals surface area contributed by atoms with Gasteiger partial charge in [0.1, 0.15) is 5.75 Å². The number of esters is 1. The first kappa shape index (κ1) is 18.6. The lowest BCUT2D eigenvalue weighted by molar-refractivity contribution is -0.131. The summed E-state index contributed by atoms with van der Waals surface area (Å²) in [5, 5.41) is 8.97. The minimum absolute atomic E-state index is 0.192. The third-order valence-electron chi connectivity index (χ3n) is 3.78. The number of ether oxygens (including phenoxy) is 1. The molecule has 0 fully saturated rings. The van der Waals surface area contributed by atoms with Gasteiger partial charge in [-0.3, -0.25) is 14.2 Å². The zero-order valence-corrected chi connectivity index (χ0v) is 15.7. The van der Waals surface area contributed by atoms with Gasteiger partial charge in [0.25, 0.3) is 5.91 Å². The number of rotatable bonds is 6. The third kappa shape index (κ3) is 4.14. The normalized spacial score (nSPS) is 10.6. The van der Waals surface area contributed by atoms with Gasteiger partial charge in [-0.1, -0.05) is 18.2 Å². The van der Waals surface area contributed by atoms with Crippen molar-refractivity contribution in [2.24, 2.45) is 7.05 Å². The van der Waals surface area contributed by atoms with E-state index in [1.165, 1.54) is 27.5 Å². The van der Waals surface area contributed by atoms with Gasteiger partial charge in [0, 0.05) is 20.5 Å². The van der Waals surface area contributed by atoms with Crippen molar-refractivity contribution in [3.63, 3.8) is 0 Å². The van der Waals surface area contributed by atoms with Crippen LogP contribution in [-0.2, 0) is 18.4 Å². The standard InChI is InChI=1S/C18H18N4O4S/c1-12(23)26-14-7-4-3-6-13(14)17(24)19-9-10-22-18(25)21(2)16(20-22)15-8-5-11-27-15/h3-8,11H,9-10H2,1-2H3,(H,19,24). The van der Waals surface area contributed by atoms with Crippen LogP contribution in [0.3, 0.4) is 0 Å². The minimum atomic E-state index is -0.503. The molecule has 27 heavy (non-hydrogen) atoms. The van der Waals surface area contributed by atoms with Gasteiger partial charge in [0.2, 0.25) is 0 Å². The van der Waals surface area contributed by atoms with Crippen LogP contribution in [0.4, 0.5) is 0 Å². The zero-order valence-electron chi connectivity index (χ0n) is 14.8. The van der Waals surface area contributed by atoms with Crippen molar-refractivity contribution in [1.29, 1.82) is 0 Å². The molecule has 0 spiro atoms. The molecule has 1 N–H and O–H groups in total. The van der Waals surface area contributed by atoms with Crippen LogP contribution in [-0.4, -0.2) is 32.8 Å². The van der Waals surface area contributed by atoms with Crippen molar-refractivity contribution in [1.82, 2.24) is 19.7 Å². The number of thiophene rings is 1. The fourth-order valence-electron chi connectivity index (χ4n) is 2.52. The molecule has 0 bridgehead atoms. The summed E-state index contributed by atoms with van der Waals surface area (Å²) >= 11 is 1.50. The third-order valence-corrected chi connectivity index (χ3v) is 4.64. The van der Waals surface area contributed by atoms with E-state index in [4.69, 9.17) is 4.74 Å². The molecule has 0 saturated carbocycles. The highest BCUT2D eigenvalue weighted by molar-refractivity contribution is 7.13. The van der Waals surface area contributed by atoms with Crippen molar-refractivity contribution in [3.05, 3.63) is 57.8 Å². The summed E-state index contributed by atoms with van der Waals surface area (Å²) in [6.07, 6.45) is 0. The van der Waals surface area contributed by atoms with Crippen LogP contribution in [0.5, 0.6) is 5.75 Å². The molecule has 1 amide bonds. The van der Waals surface area contributed by atoms with E-state index in [1.807, 2.05) is 17.5 Å². The van der Waals surface area contributed by atoms with E-state index >= 15 is 0 Å². The Morgan fingerprint density at radius 3 is 2.70 bits per heavy atom. The number of carbonyl (C=O) groups is 2. The Morgan fingerprint density at radius 2 is 2.00 bits per heavy atom. The van der Waals surface area contributed by atoms with Crippen LogP contribution in [0, 0.1) is 0 Å². The summed E-state index contributed by atoms with van der Waals surface area (Å²) in [7, 11) is 1.66. The Kier molecular flexibility index (Phi) is 5.51. The van der Waals surface area contributed by atoms with Crippen molar-refractivity contribution in [3.8, 4) is 16.5 Å². The van der Waals surface area contributed by atoms with Crippen molar-refractivity contribution in [2.45, 2.75) is 13.5 Å². The average molecular weight is 386 g/mol. The number of nitrogens with one attached hydrogen (secondary N) is 1. The van der Waals surface area contributed by atoms with E-state index in [0.717, 1.165) is 4.88 Å². The molecule has 140 valence electrons.